The van der Waals surface area contributed by atoms with Crippen LogP contribution in [0.15, 0.2) is 58.5 Å². The molecule has 1 amide bonds. The molecule has 8 heteroatoms. The topological polar surface area (TPSA) is 93.0 Å². The highest BCUT2D eigenvalue weighted by atomic mass is 16.2. The lowest BCUT2D eigenvalue weighted by molar-refractivity contribution is -0.129. The molecule has 0 bridgehead atoms. The first kappa shape index (κ1) is 17.4. The number of amides is 1. The normalized spacial score (nSPS) is 10.7. The van der Waals surface area contributed by atoms with E-state index in [4.69, 9.17) is 0 Å². The molecule has 0 radical (unpaired) electrons. The Morgan fingerprint density at radius 2 is 2.08 bits per heavy atom. The maximum atomic E-state index is 12.4. The van der Waals surface area contributed by atoms with Gasteiger partial charge in [-0.15, -0.1) is 0 Å². The minimum atomic E-state index is -0.505. The zero-order valence-electron chi connectivity index (χ0n) is 14.5. The Balaban J connectivity index is 1.72. The molecule has 0 aliphatic heterocycles. The summed E-state index contributed by atoms with van der Waals surface area (Å²) in [6.45, 7) is 0.400. The molecule has 0 spiro atoms. The van der Waals surface area contributed by atoms with Crippen molar-refractivity contribution in [2.45, 2.75) is 13.0 Å². The monoisotopic (exact) mass is 353 g/mol. The Kier molecular flexibility index (Phi) is 4.83. The molecule has 0 aliphatic rings. The van der Waals surface area contributed by atoms with Gasteiger partial charge >= 0.3 is 5.69 Å². The number of nitrogens with one attached hydrogen (secondary N) is 1. The second-order valence-electron chi connectivity index (χ2n) is 6.03. The number of carbonyl (C=O) groups excluding carboxylic acids is 1. The van der Waals surface area contributed by atoms with Gasteiger partial charge in [0, 0.05) is 44.8 Å². The first-order chi connectivity index (χ1) is 12.5. The number of rotatable bonds is 5. The van der Waals surface area contributed by atoms with Gasteiger partial charge in [0.2, 0.25) is 5.91 Å². The van der Waals surface area contributed by atoms with Gasteiger partial charge in [0.1, 0.15) is 0 Å². The lowest BCUT2D eigenvalue weighted by atomic mass is 10.1. The number of H-pyrrole nitrogens is 1. The highest BCUT2D eigenvalue weighted by Crippen LogP contribution is 2.11. The van der Waals surface area contributed by atoms with Crippen molar-refractivity contribution in [3.63, 3.8) is 0 Å². The second-order valence-corrected chi connectivity index (χ2v) is 6.03. The van der Waals surface area contributed by atoms with Crippen LogP contribution in [0.25, 0.3) is 5.69 Å². The summed E-state index contributed by atoms with van der Waals surface area (Å²) in [5, 5.41) is 4.19. The number of benzene rings is 1. The third-order valence-corrected chi connectivity index (χ3v) is 4.12. The Morgan fingerprint density at radius 1 is 1.27 bits per heavy atom. The van der Waals surface area contributed by atoms with E-state index in [2.05, 4.69) is 10.1 Å². The Bertz CT molecular complexity index is 1030. The maximum absolute atomic E-state index is 12.4. The molecule has 0 fully saturated rings. The lowest BCUT2D eigenvalue weighted by Crippen LogP contribution is -2.37. The van der Waals surface area contributed by atoms with Crippen molar-refractivity contribution >= 4 is 5.91 Å². The summed E-state index contributed by atoms with van der Waals surface area (Å²) in [5.74, 6) is -0.210. The third-order valence-electron chi connectivity index (χ3n) is 4.12. The van der Waals surface area contributed by atoms with E-state index < -0.39 is 11.2 Å². The van der Waals surface area contributed by atoms with E-state index in [0.29, 0.717) is 6.54 Å². The van der Waals surface area contributed by atoms with Gasteiger partial charge in [0.15, 0.2) is 0 Å². The van der Waals surface area contributed by atoms with Crippen LogP contribution in [0.5, 0.6) is 0 Å². The molecule has 0 unspecified atom stereocenters. The van der Waals surface area contributed by atoms with Crippen LogP contribution in [0, 0.1) is 0 Å². The summed E-state index contributed by atoms with van der Waals surface area (Å²) in [5.41, 5.74) is 1.14. The van der Waals surface area contributed by atoms with Gasteiger partial charge in [-0.1, -0.05) is 12.1 Å². The smallest absolute Gasteiger partial charge is 0.328 e. The maximum Gasteiger partial charge on any atom is 0.328 e. The van der Waals surface area contributed by atoms with Gasteiger partial charge in [-0.25, -0.2) is 9.48 Å². The molecule has 8 nitrogen and oxygen atoms in total. The average molecular weight is 353 g/mol. The fourth-order valence-electron chi connectivity index (χ4n) is 2.62. The van der Waals surface area contributed by atoms with Crippen LogP contribution < -0.4 is 11.2 Å². The molecule has 3 rings (SSSR count). The SMILES string of the molecule is CN(Cc1cccc(-n2cccn2)c1)C(=O)Cc1c[nH]c(=O)n(C)c1=O. The zero-order chi connectivity index (χ0) is 18.7. The number of hydrogen-bond donors (Lipinski definition) is 1. The van der Waals surface area contributed by atoms with Crippen molar-refractivity contribution in [2.24, 2.45) is 7.05 Å². The molecule has 3 aromatic rings. The third kappa shape index (κ3) is 3.64. The van der Waals surface area contributed by atoms with E-state index in [-0.39, 0.29) is 17.9 Å². The van der Waals surface area contributed by atoms with Gasteiger partial charge in [-0.3, -0.25) is 14.2 Å². The molecule has 134 valence electrons. The fraction of sp³-hybridized carbons (Fsp3) is 0.222. The van der Waals surface area contributed by atoms with Crippen LogP contribution in [0.3, 0.4) is 0 Å². The number of aromatic nitrogens is 4. The summed E-state index contributed by atoms with van der Waals surface area (Å²) in [7, 11) is 3.05. The van der Waals surface area contributed by atoms with E-state index >= 15 is 0 Å². The molecule has 0 atom stereocenters. The average Bonchev–Trinajstić information content (AvgIpc) is 3.17. The van der Waals surface area contributed by atoms with Crippen molar-refractivity contribution in [1.29, 1.82) is 0 Å². The number of aromatic amines is 1. The molecule has 2 aromatic heterocycles. The molecular weight excluding hydrogens is 334 g/mol. The molecular formula is C18H19N5O3. The first-order valence-electron chi connectivity index (χ1n) is 8.06. The van der Waals surface area contributed by atoms with Gasteiger partial charge < -0.3 is 9.88 Å². The van der Waals surface area contributed by atoms with E-state index in [1.54, 1.807) is 22.8 Å². The Labute approximate surface area is 149 Å². The van der Waals surface area contributed by atoms with Gasteiger partial charge in [-0.2, -0.15) is 5.10 Å². The summed E-state index contributed by atoms with van der Waals surface area (Å²) in [6.07, 6.45) is 4.78. The van der Waals surface area contributed by atoms with Crippen molar-refractivity contribution < 1.29 is 4.79 Å². The molecule has 0 saturated heterocycles. The van der Waals surface area contributed by atoms with Crippen molar-refractivity contribution in [2.75, 3.05) is 7.05 Å². The van der Waals surface area contributed by atoms with Gasteiger partial charge in [0.25, 0.3) is 5.56 Å². The summed E-state index contributed by atoms with van der Waals surface area (Å²) in [4.78, 5) is 39.9. The number of hydrogen-bond acceptors (Lipinski definition) is 4. The van der Waals surface area contributed by atoms with Gasteiger partial charge in [-0.05, 0) is 23.8 Å². The summed E-state index contributed by atoms with van der Waals surface area (Å²) < 4.78 is 2.70. The summed E-state index contributed by atoms with van der Waals surface area (Å²) in [6, 6.07) is 9.56. The number of likely N-dealkylation sites (N-methyl/N-ethyl adjacent to an activating group) is 1. The van der Waals surface area contributed by atoms with Crippen LogP contribution in [-0.2, 0) is 24.8 Å². The first-order valence-corrected chi connectivity index (χ1v) is 8.06. The predicted octanol–water partition coefficient (Wildman–Crippen LogP) is 0.460. The fourth-order valence-corrected chi connectivity index (χ4v) is 2.62. The molecule has 0 saturated carbocycles. The quantitative estimate of drug-likeness (QED) is 0.721. The minimum absolute atomic E-state index is 0.0706. The van der Waals surface area contributed by atoms with Crippen LogP contribution in [0.4, 0.5) is 0 Å². The lowest BCUT2D eigenvalue weighted by Gasteiger charge is -2.18. The van der Waals surface area contributed by atoms with E-state index in [9.17, 15) is 14.4 Å². The second kappa shape index (κ2) is 7.22. The van der Waals surface area contributed by atoms with Crippen molar-refractivity contribution in [1.82, 2.24) is 24.2 Å². The van der Waals surface area contributed by atoms with E-state index in [0.717, 1.165) is 15.8 Å². The number of carbonyl (C=O) groups is 1. The highest BCUT2D eigenvalue weighted by molar-refractivity contribution is 5.78. The Hall–Kier alpha value is -3.42. The van der Waals surface area contributed by atoms with E-state index in [1.165, 1.54) is 13.2 Å². The Morgan fingerprint density at radius 3 is 2.81 bits per heavy atom. The van der Waals surface area contributed by atoms with Crippen LogP contribution in [0.2, 0.25) is 0 Å². The highest BCUT2D eigenvalue weighted by Gasteiger charge is 2.14. The van der Waals surface area contributed by atoms with Crippen molar-refractivity contribution in [3.05, 3.63) is 80.9 Å². The molecule has 0 aliphatic carbocycles. The molecule has 2 heterocycles. The zero-order valence-corrected chi connectivity index (χ0v) is 14.5. The van der Waals surface area contributed by atoms with E-state index in [1.807, 2.05) is 36.5 Å². The number of nitrogens with zero attached hydrogens (tertiary/aromatic N) is 4. The molecule has 1 N–H and O–H groups in total. The van der Waals surface area contributed by atoms with Crippen LogP contribution in [-0.4, -0.2) is 37.2 Å². The molecule has 1 aromatic carbocycles. The standard InChI is InChI=1S/C18H19N5O3/c1-21(16(24)10-14-11-19-18(26)22(2)17(14)25)12-13-5-3-6-15(9-13)23-8-4-7-20-23/h3-9,11H,10,12H2,1-2H3,(H,19,26). The van der Waals surface area contributed by atoms with Gasteiger partial charge in [0.05, 0.1) is 12.1 Å². The largest absolute Gasteiger partial charge is 0.341 e. The minimum Gasteiger partial charge on any atom is -0.341 e. The van der Waals surface area contributed by atoms with Crippen LogP contribution in [0.1, 0.15) is 11.1 Å². The van der Waals surface area contributed by atoms with Crippen LogP contribution >= 0.6 is 0 Å². The summed E-state index contributed by atoms with van der Waals surface area (Å²) >= 11 is 0. The van der Waals surface area contributed by atoms with Crippen molar-refractivity contribution in [3.8, 4) is 5.69 Å². The predicted molar refractivity (Wildman–Crippen MR) is 96.0 cm³/mol. The molecule has 26 heavy (non-hydrogen) atoms.